The van der Waals surface area contributed by atoms with E-state index in [1.54, 1.807) is 0 Å². The molecule has 0 saturated carbocycles. The van der Waals surface area contributed by atoms with E-state index in [-0.39, 0.29) is 43.2 Å². The molecular weight excluding hydrogens is 246 g/mol. The van der Waals surface area contributed by atoms with E-state index in [0.29, 0.717) is 0 Å². The van der Waals surface area contributed by atoms with Crippen LogP contribution in [0.3, 0.4) is 0 Å². The first-order valence-electron chi connectivity index (χ1n) is 1.37. The summed E-state index contributed by atoms with van der Waals surface area (Å²) in [6.07, 6.45) is 0. The van der Waals surface area contributed by atoms with E-state index >= 15 is 0 Å². The molecule has 0 amide bonds. The number of hydrogen-bond donors (Lipinski definition) is 2. The molecule has 0 aromatic heterocycles. The van der Waals surface area contributed by atoms with Gasteiger partial charge in [-0.15, -0.1) is 0 Å². The van der Waals surface area contributed by atoms with Crippen LogP contribution in [0.2, 0.25) is 0 Å². The fraction of sp³-hybridized carbons (Fsp3) is 0. The van der Waals surface area contributed by atoms with Gasteiger partial charge in [0.25, 0.3) is 0 Å². The molecule has 0 saturated heterocycles. The Labute approximate surface area is 96.1 Å². The summed E-state index contributed by atoms with van der Waals surface area (Å²) in [4.78, 5) is 0. The second-order valence-corrected chi connectivity index (χ2v) is 4.68. The maximum absolute atomic E-state index is 9.53. The maximum atomic E-state index is 9.53. The molecular formula is H4Cr2Li2O8. The van der Waals surface area contributed by atoms with Gasteiger partial charge in [0, 0.05) is 37.7 Å². The van der Waals surface area contributed by atoms with Crippen molar-refractivity contribution in [1.29, 1.82) is 0 Å². The van der Waals surface area contributed by atoms with Gasteiger partial charge in [-0.25, -0.2) is 0 Å². The van der Waals surface area contributed by atoms with Crippen LogP contribution in [0.25, 0.3) is 0 Å². The van der Waals surface area contributed by atoms with E-state index in [1.807, 2.05) is 0 Å². The summed E-state index contributed by atoms with van der Waals surface area (Å²) in [6.45, 7) is 0. The van der Waals surface area contributed by atoms with E-state index in [9.17, 15) is 15.2 Å². The topological polar surface area (TPSA) is 149 Å². The first kappa shape index (κ1) is 23.3. The molecule has 0 aliphatic carbocycles. The summed E-state index contributed by atoms with van der Waals surface area (Å²) < 4.78 is 56.3. The third kappa shape index (κ3) is 22.5. The van der Waals surface area contributed by atoms with Gasteiger partial charge in [-0.3, -0.25) is 0 Å². The molecule has 0 aromatic carbocycles. The third-order valence-corrected chi connectivity index (χ3v) is 2.92. The molecule has 0 aromatic rings. The Kier molecular flexibility index (Phi) is 14.9. The van der Waals surface area contributed by atoms with Gasteiger partial charge in [0.1, 0.15) is 0 Å². The third-order valence-electron chi connectivity index (χ3n) is 0.172. The summed E-state index contributed by atoms with van der Waals surface area (Å²) in [6, 6.07) is 0. The first-order valence-corrected chi connectivity index (χ1v) is 5.63. The Morgan fingerprint density at radius 1 is 0.833 bits per heavy atom. The van der Waals surface area contributed by atoms with E-state index in [4.69, 9.17) is 8.32 Å². The summed E-state index contributed by atoms with van der Waals surface area (Å²) in [7, 11) is 0. The molecule has 0 heterocycles. The molecule has 66 valence electrons. The molecule has 0 atom stereocenters. The van der Waals surface area contributed by atoms with Gasteiger partial charge < -0.3 is 5.48 Å². The van der Waals surface area contributed by atoms with Crippen LogP contribution in [0.15, 0.2) is 0 Å². The van der Waals surface area contributed by atoms with Gasteiger partial charge >= 0.3 is 53.6 Å². The Morgan fingerprint density at radius 3 is 1.00 bits per heavy atom. The van der Waals surface area contributed by atoms with E-state index in [1.165, 1.54) is 0 Å². The van der Waals surface area contributed by atoms with Gasteiger partial charge in [0.2, 0.25) is 0 Å². The predicted molar refractivity (Wildman–Crippen MR) is 23.4 cm³/mol. The van der Waals surface area contributed by atoms with Crippen molar-refractivity contribution in [3.63, 3.8) is 0 Å². The molecule has 2 radical (unpaired) electrons. The average Bonchev–Trinajstić information content (AvgIpc) is 1.14. The van der Waals surface area contributed by atoms with Crippen molar-refractivity contribution in [2.45, 2.75) is 0 Å². The summed E-state index contributed by atoms with van der Waals surface area (Å²) >= 11 is -11.5. The quantitative estimate of drug-likeness (QED) is 0.488. The van der Waals surface area contributed by atoms with Gasteiger partial charge in [-0.2, -0.15) is 0 Å². The number of rotatable bonds is 2. The Bertz CT molecular complexity index is 240. The zero-order valence-corrected chi connectivity index (χ0v) is 8.80. The summed E-state index contributed by atoms with van der Waals surface area (Å²) in [5, 5.41) is 0. The Hall–Kier alpha value is 1.30. The zero-order valence-electron chi connectivity index (χ0n) is 6.25. The summed E-state index contributed by atoms with van der Waals surface area (Å²) in [5.74, 6) is 0. The van der Waals surface area contributed by atoms with Crippen molar-refractivity contribution in [3.05, 3.63) is 0 Å². The second-order valence-electron chi connectivity index (χ2n) is 0.924. The molecule has 12 heavy (non-hydrogen) atoms. The van der Waals surface area contributed by atoms with Crippen molar-refractivity contribution >= 4 is 37.7 Å². The van der Waals surface area contributed by atoms with Crippen LogP contribution in [-0.4, -0.2) is 51.5 Å². The average molecular weight is 250 g/mol. The van der Waals surface area contributed by atoms with Crippen LogP contribution < -0.4 is 0 Å². The van der Waals surface area contributed by atoms with Crippen LogP contribution in [-0.2, 0) is 45.3 Å². The van der Waals surface area contributed by atoms with Gasteiger partial charge in [0.05, 0.1) is 0 Å². The monoisotopic (exact) mass is 250 g/mol. The van der Waals surface area contributed by atoms with Gasteiger partial charge in [-0.1, -0.05) is 0 Å². The minimum atomic E-state index is -5.76. The van der Waals surface area contributed by atoms with Crippen molar-refractivity contribution in [3.8, 4) is 0 Å². The predicted octanol–water partition coefficient (Wildman–Crippen LogP) is -3.25. The molecule has 0 aliphatic heterocycles. The fourth-order valence-corrected chi connectivity index (χ4v) is 1.85. The van der Waals surface area contributed by atoms with E-state index < -0.39 is 27.2 Å². The number of hydrogen-bond acceptors (Lipinski definition) is 5. The van der Waals surface area contributed by atoms with E-state index in [2.05, 4.69) is 2.84 Å². The molecule has 0 spiro atoms. The molecule has 0 aliphatic rings. The van der Waals surface area contributed by atoms with Crippen LogP contribution in [0.4, 0.5) is 0 Å². The normalized spacial score (nSPS) is 10.2. The molecule has 12 heteroatoms. The SMILES string of the molecule is O.[Li].[Li].[O]=[Cr](=[O])([OH])[O][Cr](=[O])(=[O])[OH]. The molecule has 0 rings (SSSR count). The molecule has 0 fully saturated rings. The van der Waals surface area contributed by atoms with Crippen LogP contribution in [0.1, 0.15) is 0 Å². The first-order chi connectivity index (χ1) is 3.71. The Morgan fingerprint density at radius 2 is 1.00 bits per heavy atom. The molecule has 0 unspecified atom stereocenters. The standard InChI is InChI=1S/2Cr.2Li.3H2O.5O/h;;;;3*1H2;;;;;/q2*+1;;;;;;;;;;/p-2. The van der Waals surface area contributed by atoms with Crippen molar-refractivity contribution in [1.82, 2.24) is 0 Å². The van der Waals surface area contributed by atoms with Crippen LogP contribution in [0.5, 0.6) is 0 Å². The van der Waals surface area contributed by atoms with Crippen molar-refractivity contribution < 1.29 is 59.1 Å². The van der Waals surface area contributed by atoms with Crippen molar-refractivity contribution in [2.24, 2.45) is 0 Å². The van der Waals surface area contributed by atoms with Crippen LogP contribution >= 0.6 is 0 Å². The van der Waals surface area contributed by atoms with Crippen LogP contribution in [0, 0.1) is 0 Å². The van der Waals surface area contributed by atoms with Crippen molar-refractivity contribution in [2.75, 3.05) is 0 Å². The van der Waals surface area contributed by atoms with Gasteiger partial charge in [-0.05, 0) is 0 Å². The second kappa shape index (κ2) is 7.68. The molecule has 0 bridgehead atoms. The zero-order chi connectivity index (χ0) is 7.71. The minimum absolute atomic E-state index is 0. The molecule has 8 nitrogen and oxygen atoms in total. The summed E-state index contributed by atoms with van der Waals surface area (Å²) in [5.41, 5.74) is 0. The fourth-order valence-electron chi connectivity index (χ4n) is 0.109. The van der Waals surface area contributed by atoms with Gasteiger partial charge in [0.15, 0.2) is 0 Å². The Balaban J connectivity index is -0.000000107. The van der Waals surface area contributed by atoms with E-state index in [0.717, 1.165) is 0 Å². The molecule has 4 N–H and O–H groups in total.